The lowest BCUT2D eigenvalue weighted by Gasteiger charge is -2.26. The number of hydrogen-bond acceptors (Lipinski definition) is 6. The minimum atomic E-state index is 0.864. The molecule has 0 amide bonds. The molecule has 0 unspecified atom stereocenters. The van der Waals surface area contributed by atoms with Crippen molar-refractivity contribution in [3.8, 4) is 5.75 Å². The summed E-state index contributed by atoms with van der Waals surface area (Å²) in [5.41, 5.74) is 2.05. The van der Waals surface area contributed by atoms with E-state index >= 15 is 0 Å². The van der Waals surface area contributed by atoms with E-state index in [0.717, 1.165) is 61.6 Å². The van der Waals surface area contributed by atoms with Gasteiger partial charge in [0, 0.05) is 49.6 Å². The van der Waals surface area contributed by atoms with Gasteiger partial charge in [-0.25, -0.2) is 0 Å². The Morgan fingerprint density at radius 1 is 1.28 bits per heavy atom. The first-order valence-corrected chi connectivity index (χ1v) is 10.1. The number of nitrogens with one attached hydrogen (secondary N) is 1. The van der Waals surface area contributed by atoms with Gasteiger partial charge >= 0.3 is 0 Å². The molecule has 1 aliphatic rings. The fourth-order valence-electron chi connectivity index (χ4n) is 2.94. The first-order chi connectivity index (χ1) is 12.4. The molecule has 0 saturated carbocycles. The smallest absolute Gasteiger partial charge is 0.121 e. The second-order valence-corrected chi connectivity index (χ2v) is 7.32. The van der Waals surface area contributed by atoms with Crippen molar-refractivity contribution in [1.29, 1.82) is 0 Å². The fraction of sp³-hybridized carbons (Fsp3) is 0.526. The predicted octanol–water partition coefficient (Wildman–Crippen LogP) is 3.11. The van der Waals surface area contributed by atoms with E-state index in [-0.39, 0.29) is 0 Å². The van der Waals surface area contributed by atoms with Crippen molar-refractivity contribution in [3.63, 3.8) is 0 Å². The monoisotopic (exact) mass is 361 g/mol. The number of pyridine rings is 1. The van der Waals surface area contributed by atoms with Crippen molar-refractivity contribution in [2.75, 3.05) is 63.3 Å². The SMILES string of the molecule is COc1cc(NCCCSCCN2CCOCC2)c2ncccc2c1. The molecule has 1 saturated heterocycles. The van der Waals surface area contributed by atoms with Crippen molar-refractivity contribution in [2.45, 2.75) is 6.42 Å². The van der Waals surface area contributed by atoms with E-state index in [4.69, 9.17) is 9.47 Å². The Hall–Kier alpha value is -1.50. The Balaban J connectivity index is 1.39. The van der Waals surface area contributed by atoms with Crippen LogP contribution >= 0.6 is 11.8 Å². The van der Waals surface area contributed by atoms with Gasteiger partial charge in [-0.15, -0.1) is 0 Å². The van der Waals surface area contributed by atoms with Crippen LogP contribution in [-0.2, 0) is 4.74 Å². The zero-order valence-corrected chi connectivity index (χ0v) is 15.7. The van der Waals surface area contributed by atoms with Crippen LogP contribution in [0.3, 0.4) is 0 Å². The van der Waals surface area contributed by atoms with E-state index in [1.54, 1.807) is 7.11 Å². The highest BCUT2D eigenvalue weighted by Crippen LogP contribution is 2.27. The van der Waals surface area contributed by atoms with Crippen LogP contribution in [0.2, 0.25) is 0 Å². The lowest BCUT2D eigenvalue weighted by Crippen LogP contribution is -2.37. The second-order valence-electron chi connectivity index (χ2n) is 6.10. The molecule has 2 aromatic rings. The largest absolute Gasteiger partial charge is 0.497 e. The van der Waals surface area contributed by atoms with E-state index in [2.05, 4.69) is 21.3 Å². The Labute approximate surface area is 154 Å². The number of anilines is 1. The molecule has 1 aromatic carbocycles. The molecule has 25 heavy (non-hydrogen) atoms. The van der Waals surface area contributed by atoms with Crippen molar-refractivity contribution >= 4 is 28.4 Å². The van der Waals surface area contributed by atoms with Gasteiger partial charge in [0.25, 0.3) is 0 Å². The van der Waals surface area contributed by atoms with Crippen LogP contribution in [0.1, 0.15) is 6.42 Å². The molecule has 136 valence electrons. The van der Waals surface area contributed by atoms with Gasteiger partial charge in [0.15, 0.2) is 0 Å². The van der Waals surface area contributed by atoms with Gasteiger partial charge in [-0.05, 0) is 24.3 Å². The summed E-state index contributed by atoms with van der Waals surface area (Å²) in [6.45, 7) is 6.06. The molecule has 1 aliphatic heterocycles. The average molecular weight is 362 g/mol. The number of methoxy groups -OCH3 is 1. The molecule has 2 heterocycles. The number of fused-ring (bicyclic) bond motifs is 1. The molecular formula is C19H27N3O2S. The molecule has 0 bridgehead atoms. The van der Waals surface area contributed by atoms with Crippen LogP contribution in [0, 0.1) is 0 Å². The van der Waals surface area contributed by atoms with Crippen molar-refractivity contribution < 1.29 is 9.47 Å². The number of benzene rings is 1. The average Bonchev–Trinajstić information content (AvgIpc) is 2.67. The van der Waals surface area contributed by atoms with Crippen LogP contribution in [-0.4, -0.2) is 67.9 Å². The summed E-state index contributed by atoms with van der Waals surface area (Å²) in [6.07, 6.45) is 2.97. The summed E-state index contributed by atoms with van der Waals surface area (Å²) >= 11 is 2.03. The molecule has 1 N–H and O–H groups in total. The second kappa shape index (κ2) is 9.85. The quantitative estimate of drug-likeness (QED) is 0.693. The van der Waals surface area contributed by atoms with Gasteiger partial charge in [0.05, 0.1) is 31.5 Å². The van der Waals surface area contributed by atoms with Crippen LogP contribution in [0.5, 0.6) is 5.75 Å². The Bertz CT molecular complexity index is 662. The maximum atomic E-state index is 5.39. The number of ether oxygens (including phenoxy) is 2. The zero-order valence-electron chi connectivity index (χ0n) is 14.9. The Morgan fingerprint density at radius 3 is 3.00 bits per heavy atom. The van der Waals surface area contributed by atoms with Gasteiger partial charge < -0.3 is 14.8 Å². The summed E-state index contributed by atoms with van der Waals surface area (Å²) in [6, 6.07) is 8.07. The number of rotatable bonds is 9. The number of hydrogen-bond donors (Lipinski definition) is 1. The van der Waals surface area contributed by atoms with Crippen LogP contribution < -0.4 is 10.1 Å². The molecule has 5 nitrogen and oxygen atoms in total. The third kappa shape index (κ3) is 5.49. The van der Waals surface area contributed by atoms with Crippen molar-refractivity contribution in [3.05, 3.63) is 30.5 Å². The fourth-order valence-corrected chi connectivity index (χ4v) is 3.88. The molecule has 1 fully saturated rings. The van der Waals surface area contributed by atoms with E-state index in [1.807, 2.05) is 36.2 Å². The van der Waals surface area contributed by atoms with Gasteiger partial charge in [-0.2, -0.15) is 11.8 Å². The minimum absolute atomic E-state index is 0.864. The number of thioether (sulfide) groups is 1. The lowest BCUT2D eigenvalue weighted by atomic mass is 10.1. The first-order valence-electron chi connectivity index (χ1n) is 8.91. The van der Waals surface area contributed by atoms with E-state index < -0.39 is 0 Å². The molecule has 3 rings (SSSR count). The van der Waals surface area contributed by atoms with Crippen LogP contribution in [0.25, 0.3) is 10.9 Å². The summed E-state index contributed by atoms with van der Waals surface area (Å²) in [4.78, 5) is 6.99. The van der Waals surface area contributed by atoms with Gasteiger partial charge in [-0.3, -0.25) is 9.88 Å². The van der Waals surface area contributed by atoms with Gasteiger partial charge in [-0.1, -0.05) is 6.07 Å². The Morgan fingerprint density at radius 2 is 2.16 bits per heavy atom. The third-order valence-corrected chi connectivity index (χ3v) is 5.40. The highest BCUT2D eigenvalue weighted by atomic mass is 32.2. The summed E-state index contributed by atoms with van der Waals surface area (Å²) in [5, 5.41) is 4.62. The minimum Gasteiger partial charge on any atom is -0.497 e. The maximum absolute atomic E-state index is 5.39. The van der Waals surface area contributed by atoms with Gasteiger partial charge in [0.2, 0.25) is 0 Å². The molecular weight excluding hydrogens is 334 g/mol. The van der Waals surface area contributed by atoms with Crippen molar-refractivity contribution in [1.82, 2.24) is 9.88 Å². The van der Waals surface area contributed by atoms with E-state index in [9.17, 15) is 0 Å². The molecule has 0 radical (unpaired) electrons. The predicted molar refractivity (Wildman–Crippen MR) is 106 cm³/mol. The standard InChI is InChI=1S/C19H27N3O2S/c1-23-17-14-16-4-2-5-21-19(16)18(15-17)20-6-3-12-25-13-9-22-7-10-24-11-8-22/h2,4-5,14-15,20H,3,6-13H2,1H3. The highest BCUT2D eigenvalue weighted by Gasteiger charge is 2.09. The molecule has 0 aliphatic carbocycles. The van der Waals surface area contributed by atoms with E-state index in [1.165, 1.54) is 18.1 Å². The van der Waals surface area contributed by atoms with Crippen LogP contribution in [0.4, 0.5) is 5.69 Å². The van der Waals surface area contributed by atoms with Crippen LogP contribution in [0.15, 0.2) is 30.5 Å². The highest BCUT2D eigenvalue weighted by molar-refractivity contribution is 7.99. The summed E-state index contributed by atoms with van der Waals surface area (Å²) in [5.74, 6) is 3.24. The summed E-state index contributed by atoms with van der Waals surface area (Å²) in [7, 11) is 1.70. The van der Waals surface area contributed by atoms with E-state index in [0.29, 0.717) is 0 Å². The third-order valence-electron chi connectivity index (χ3n) is 4.35. The normalized spacial score (nSPS) is 15.4. The molecule has 6 heteroatoms. The molecule has 0 spiro atoms. The molecule has 0 atom stereocenters. The number of morpholine rings is 1. The van der Waals surface area contributed by atoms with Crippen molar-refractivity contribution in [2.24, 2.45) is 0 Å². The maximum Gasteiger partial charge on any atom is 0.121 e. The first kappa shape index (κ1) is 18.3. The number of nitrogens with zero attached hydrogens (tertiary/aromatic N) is 2. The summed E-state index contributed by atoms with van der Waals surface area (Å²) < 4.78 is 10.8. The number of aromatic nitrogens is 1. The zero-order chi connectivity index (χ0) is 17.3. The molecule has 1 aromatic heterocycles. The van der Waals surface area contributed by atoms with Gasteiger partial charge in [0.1, 0.15) is 5.75 Å². The topological polar surface area (TPSA) is 46.6 Å². The lowest BCUT2D eigenvalue weighted by molar-refractivity contribution is 0.0410. The Kier molecular flexibility index (Phi) is 7.21.